The number of rotatable bonds is 4. The number of carbonyl (C=O) groups excluding carboxylic acids is 2. The van der Waals surface area contributed by atoms with Crippen LogP contribution >= 0.6 is 11.6 Å². The van der Waals surface area contributed by atoms with Crippen molar-refractivity contribution in [2.75, 3.05) is 0 Å². The molecule has 27 heavy (non-hydrogen) atoms. The Morgan fingerprint density at radius 1 is 0.926 bits per heavy atom. The SMILES string of the molecule is O=C(NC12CCCC(NC(=O)c3ncccn3)(CC1)C2)c1cccc(Cl)c1. The zero-order valence-electron chi connectivity index (χ0n) is 14.9. The molecule has 2 aliphatic carbocycles. The molecule has 0 spiro atoms. The molecule has 1 aromatic heterocycles. The molecule has 2 unspecified atom stereocenters. The van der Waals surface area contributed by atoms with Crippen LogP contribution in [0.25, 0.3) is 0 Å². The summed E-state index contributed by atoms with van der Waals surface area (Å²) in [5, 5.41) is 6.92. The number of fused-ring (bicyclic) bond motifs is 2. The average molecular weight is 385 g/mol. The molecule has 1 heterocycles. The summed E-state index contributed by atoms with van der Waals surface area (Å²) in [5.74, 6) is -0.194. The minimum Gasteiger partial charge on any atom is -0.347 e. The minimum atomic E-state index is -0.309. The third kappa shape index (κ3) is 3.67. The second-order valence-electron chi connectivity index (χ2n) is 7.58. The van der Waals surface area contributed by atoms with E-state index in [0.29, 0.717) is 10.6 Å². The van der Waals surface area contributed by atoms with Gasteiger partial charge in [-0.1, -0.05) is 17.7 Å². The topological polar surface area (TPSA) is 84.0 Å². The van der Waals surface area contributed by atoms with Gasteiger partial charge in [0.25, 0.3) is 11.8 Å². The summed E-state index contributed by atoms with van der Waals surface area (Å²) < 4.78 is 0. The van der Waals surface area contributed by atoms with Crippen molar-refractivity contribution < 1.29 is 9.59 Å². The molecule has 6 nitrogen and oxygen atoms in total. The zero-order chi connectivity index (χ0) is 18.9. The lowest BCUT2D eigenvalue weighted by Crippen LogP contribution is -2.55. The van der Waals surface area contributed by atoms with Crippen LogP contribution in [0.5, 0.6) is 0 Å². The van der Waals surface area contributed by atoms with Gasteiger partial charge < -0.3 is 10.6 Å². The lowest BCUT2D eigenvalue weighted by molar-refractivity contribution is 0.0826. The highest BCUT2D eigenvalue weighted by molar-refractivity contribution is 6.30. The summed E-state index contributed by atoms with van der Waals surface area (Å²) in [4.78, 5) is 33.3. The Hall–Kier alpha value is -2.47. The maximum absolute atomic E-state index is 12.7. The first-order chi connectivity index (χ1) is 13.0. The van der Waals surface area contributed by atoms with Crippen molar-refractivity contribution in [3.05, 3.63) is 59.1 Å². The van der Waals surface area contributed by atoms with Crippen LogP contribution in [0.4, 0.5) is 0 Å². The molecular weight excluding hydrogens is 364 g/mol. The summed E-state index contributed by atoms with van der Waals surface area (Å²) in [7, 11) is 0. The predicted molar refractivity (Wildman–Crippen MR) is 102 cm³/mol. The second-order valence-corrected chi connectivity index (χ2v) is 8.02. The molecule has 1 aromatic carbocycles. The monoisotopic (exact) mass is 384 g/mol. The Kier molecular flexibility index (Phi) is 4.60. The largest absolute Gasteiger partial charge is 0.347 e. The van der Waals surface area contributed by atoms with E-state index >= 15 is 0 Å². The predicted octanol–water partition coefficient (Wildman–Crippen LogP) is 3.14. The molecule has 2 saturated carbocycles. The summed E-state index contributed by atoms with van der Waals surface area (Å²) in [6.07, 6.45) is 8.29. The molecule has 2 atom stereocenters. The number of hydrogen-bond acceptors (Lipinski definition) is 4. The summed E-state index contributed by atoms with van der Waals surface area (Å²) in [6, 6.07) is 8.64. The van der Waals surface area contributed by atoms with E-state index in [-0.39, 0.29) is 28.7 Å². The highest BCUT2D eigenvalue weighted by atomic mass is 35.5. The Balaban J connectivity index is 1.48. The quantitative estimate of drug-likeness (QED) is 0.848. The van der Waals surface area contributed by atoms with E-state index < -0.39 is 0 Å². The van der Waals surface area contributed by atoms with Crippen molar-refractivity contribution >= 4 is 23.4 Å². The van der Waals surface area contributed by atoms with Crippen LogP contribution in [0.2, 0.25) is 5.02 Å². The molecule has 0 radical (unpaired) electrons. The maximum Gasteiger partial charge on any atom is 0.289 e. The van der Waals surface area contributed by atoms with Crippen LogP contribution in [-0.4, -0.2) is 32.9 Å². The van der Waals surface area contributed by atoms with Crippen molar-refractivity contribution in [2.45, 2.75) is 49.6 Å². The lowest BCUT2D eigenvalue weighted by atomic mass is 9.78. The smallest absolute Gasteiger partial charge is 0.289 e. The number of nitrogens with zero attached hydrogens (tertiary/aromatic N) is 2. The van der Waals surface area contributed by atoms with Crippen LogP contribution in [0, 0.1) is 0 Å². The lowest BCUT2D eigenvalue weighted by Gasteiger charge is -2.40. The highest BCUT2D eigenvalue weighted by Crippen LogP contribution is 2.48. The van der Waals surface area contributed by atoms with E-state index in [1.807, 2.05) is 0 Å². The number of benzene rings is 1. The average Bonchev–Trinajstić information content (AvgIpc) is 2.92. The van der Waals surface area contributed by atoms with Crippen LogP contribution in [-0.2, 0) is 0 Å². The van der Waals surface area contributed by atoms with E-state index in [4.69, 9.17) is 11.6 Å². The fraction of sp³-hybridized carbons (Fsp3) is 0.400. The Bertz CT molecular complexity index is 875. The number of aromatic nitrogens is 2. The fourth-order valence-corrected chi connectivity index (χ4v) is 4.68. The van der Waals surface area contributed by atoms with Crippen molar-refractivity contribution in [2.24, 2.45) is 0 Å². The molecule has 2 bridgehead atoms. The summed E-state index contributed by atoms with van der Waals surface area (Å²) >= 11 is 6.01. The maximum atomic E-state index is 12.7. The first-order valence-corrected chi connectivity index (χ1v) is 9.55. The third-order valence-electron chi connectivity index (χ3n) is 5.68. The summed E-state index contributed by atoms with van der Waals surface area (Å²) in [6.45, 7) is 0. The van der Waals surface area contributed by atoms with Gasteiger partial charge in [-0.05, 0) is 62.8 Å². The zero-order valence-corrected chi connectivity index (χ0v) is 15.6. The minimum absolute atomic E-state index is 0.118. The molecule has 2 fully saturated rings. The van der Waals surface area contributed by atoms with Gasteiger partial charge in [-0.3, -0.25) is 9.59 Å². The first kappa shape index (κ1) is 17.9. The standard InChI is InChI=1S/C20H21ClN4O2/c21-15-5-1-4-14(12-15)17(26)24-19-6-2-7-20(13-19,9-8-19)25-18(27)16-22-10-3-11-23-16/h1,3-5,10-12H,2,6-9,13H2,(H,24,26)(H,25,27). The molecule has 2 amide bonds. The number of halogens is 1. The van der Waals surface area contributed by atoms with E-state index in [1.165, 1.54) is 0 Å². The van der Waals surface area contributed by atoms with Gasteiger partial charge >= 0.3 is 0 Å². The molecular formula is C20H21ClN4O2. The Labute approximate surface area is 162 Å². The van der Waals surface area contributed by atoms with Crippen LogP contribution in [0.15, 0.2) is 42.7 Å². The highest BCUT2D eigenvalue weighted by Gasteiger charge is 2.52. The van der Waals surface area contributed by atoms with Gasteiger partial charge in [0.1, 0.15) is 0 Å². The van der Waals surface area contributed by atoms with Crippen molar-refractivity contribution in [1.29, 1.82) is 0 Å². The number of carbonyl (C=O) groups is 2. The van der Waals surface area contributed by atoms with Crippen molar-refractivity contribution in [3.8, 4) is 0 Å². The number of hydrogen-bond donors (Lipinski definition) is 2. The van der Waals surface area contributed by atoms with Gasteiger partial charge in [0.15, 0.2) is 0 Å². The molecule has 0 saturated heterocycles. The van der Waals surface area contributed by atoms with Gasteiger partial charge in [-0.25, -0.2) is 9.97 Å². The molecule has 140 valence electrons. The molecule has 2 aromatic rings. The third-order valence-corrected chi connectivity index (χ3v) is 5.92. The Morgan fingerprint density at radius 3 is 2.26 bits per heavy atom. The van der Waals surface area contributed by atoms with E-state index in [9.17, 15) is 9.59 Å². The fourth-order valence-electron chi connectivity index (χ4n) is 4.49. The van der Waals surface area contributed by atoms with Crippen LogP contribution in [0.1, 0.15) is 59.5 Å². The van der Waals surface area contributed by atoms with Gasteiger partial charge in [0.2, 0.25) is 5.82 Å². The molecule has 7 heteroatoms. The molecule has 0 aliphatic heterocycles. The van der Waals surface area contributed by atoms with E-state index in [2.05, 4.69) is 20.6 Å². The molecule has 2 N–H and O–H groups in total. The van der Waals surface area contributed by atoms with Gasteiger partial charge in [-0.2, -0.15) is 0 Å². The Morgan fingerprint density at radius 2 is 1.59 bits per heavy atom. The van der Waals surface area contributed by atoms with Crippen LogP contribution < -0.4 is 10.6 Å². The van der Waals surface area contributed by atoms with Gasteiger partial charge in [0, 0.05) is 34.1 Å². The number of nitrogens with one attached hydrogen (secondary N) is 2. The second kappa shape index (κ2) is 6.93. The van der Waals surface area contributed by atoms with Crippen molar-refractivity contribution in [1.82, 2.24) is 20.6 Å². The van der Waals surface area contributed by atoms with Crippen molar-refractivity contribution in [3.63, 3.8) is 0 Å². The van der Waals surface area contributed by atoms with E-state index in [0.717, 1.165) is 38.5 Å². The normalized spacial score (nSPS) is 26.4. The summed E-state index contributed by atoms with van der Waals surface area (Å²) in [5.41, 5.74) is -0.0415. The van der Waals surface area contributed by atoms with Gasteiger partial charge in [0.05, 0.1) is 0 Å². The van der Waals surface area contributed by atoms with E-state index in [1.54, 1.807) is 42.7 Å². The molecule has 2 aliphatic rings. The molecule has 4 rings (SSSR count). The van der Waals surface area contributed by atoms with Crippen LogP contribution in [0.3, 0.4) is 0 Å². The number of amides is 2. The first-order valence-electron chi connectivity index (χ1n) is 9.17. The van der Waals surface area contributed by atoms with Gasteiger partial charge in [-0.15, -0.1) is 0 Å².